The van der Waals surface area contributed by atoms with E-state index in [1.807, 2.05) is 0 Å². The summed E-state index contributed by atoms with van der Waals surface area (Å²) in [4.78, 5) is 0. The van der Waals surface area contributed by atoms with E-state index in [0.29, 0.717) is 10.6 Å². The van der Waals surface area contributed by atoms with Crippen LogP contribution in [0.2, 0.25) is 5.02 Å². The number of hydrogen-bond donors (Lipinski definition) is 0. The maximum Gasteiger partial charge on any atom is 0.0991 e. The smallest absolute Gasteiger partial charge is 0.0991 e. The zero-order chi connectivity index (χ0) is 9.84. The van der Waals surface area contributed by atoms with E-state index in [2.05, 4.69) is 19.6 Å². The molecule has 0 spiro atoms. The second-order valence-electron chi connectivity index (χ2n) is 2.69. The number of hydrogen-bond acceptors (Lipinski definition) is 1. The summed E-state index contributed by atoms with van der Waals surface area (Å²) in [6.07, 6.45) is 1.70. The summed E-state index contributed by atoms with van der Waals surface area (Å²) in [5, 5.41) is 9.29. The van der Waals surface area contributed by atoms with Crippen LogP contribution in [0.15, 0.2) is 30.9 Å². The summed E-state index contributed by atoms with van der Waals surface area (Å²) in [6.45, 7) is 7.48. The molecule has 0 fully saturated rings. The first-order valence-corrected chi connectivity index (χ1v) is 4.22. The van der Waals surface area contributed by atoms with Gasteiger partial charge in [0.2, 0.25) is 0 Å². The molecule has 0 aromatic heterocycles. The van der Waals surface area contributed by atoms with Gasteiger partial charge in [-0.25, -0.2) is 0 Å². The van der Waals surface area contributed by atoms with Crippen molar-refractivity contribution in [3.05, 3.63) is 53.9 Å². The number of allylic oxidation sites excluding steroid dienone is 1. The van der Waals surface area contributed by atoms with Crippen molar-refractivity contribution >= 4 is 11.6 Å². The fourth-order valence-corrected chi connectivity index (χ4v) is 1.28. The molecule has 0 saturated heterocycles. The molecule has 2 heteroatoms. The molecule has 0 heterocycles. The summed E-state index contributed by atoms with van der Waals surface area (Å²) in [6, 6.07) is 7.18. The minimum atomic E-state index is -0.0687. The molecular formula is C11H9ClN. The average Bonchev–Trinajstić information content (AvgIpc) is 2.17. The molecule has 65 valence electrons. The molecule has 0 aliphatic rings. The highest BCUT2D eigenvalue weighted by Gasteiger charge is 2.06. The second kappa shape index (κ2) is 4.11. The Morgan fingerprint density at radius 3 is 2.77 bits per heavy atom. The summed E-state index contributed by atoms with van der Waals surface area (Å²) in [7, 11) is 0. The molecule has 0 N–H and O–H groups in total. The van der Waals surface area contributed by atoms with E-state index in [1.54, 1.807) is 24.3 Å². The Morgan fingerprint density at radius 1 is 1.54 bits per heavy atom. The minimum absolute atomic E-state index is 0.0687. The van der Waals surface area contributed by atoms with Gasteiger partial charge in [-0.05, 0) is 30.7 Å². The van der Waals surface area contributed by atoms with Crippen LogP contribution in [0.1, 0.15) is 17.0 Å². The maximum absolute atomic E-state index is 8.67. The Kier molecular flexibility index (Phi) is 3.11. The van der Waals surface area contributed by atoms with Crippen molar-refractivity contribution in [3.63, 3.8) is 0 Å². The Bertz CT molecular complexity index is 363. The standard InChI is InChI=1S/C11H9ClN/c1-3-8(2)10-6-9(7-13)4-5-11(10)12/h3-6,8H,1-2H2. The van der Waals surface area contributed by atoms with Gasteiger partial charge in [0.25, 0.3) is 0 Å². The third-order valence-corrected chi connectivity index (χ3v) is 2.15. The topological polar surface area (TPSA) is 23.8 Å². The lowest BCUT2D eigenvalue weighted by Gasteiger charge is -2.08. The maximum atomic E-state index is 8.67. The van der Waals surface area contributed by atoms with Crippen molar-refractivity contribution in [2.75, 3.05) is 0 Å². The molecule has 1 unspecified atom stereocenters. The third kappa shape index (κ3) is 2.11. The second-order valence-corrected chi connectivity index (χ2v) is 3.10. The van der Waals surface area contributed by atoms with E-state index in [1.165, 1.54) is 0 Å². The Labute approximate surface area is 83.3 Å². The monoisotopic (exact) mass is 190 g/mol. The van der Waals surface area contributed by atoms with Crippen LogP contribution in [0.5, 0.6) is 0 Å². The molecule has 0 saturated carbocycles. The SMILES string of the molecule is [CH2]C(C=C)c1cc(C#N)ccc1Cl. The molecule has 0 bridgehead atoms. The number of nitrogens with zero attached hydrogens (tertiary/aromatic N) is 1. The summed E-state index contributed by atoms with van der Waals surface area (Å²) in [5.41, 5.74) is 1.44. The van der Waals surface area contributed by atoms with Crippen molar-refractivity contribution in [1.82, 2.24) is 0 Å². The summed E-state index contributed by atoms with van der Waals surface area (Å²) < 4.78 is 0. The van der Waals surface area contributed by atoms with Gasteiger partial charge >= 0.3 is 0 Å². The van der Waals surface area contributed by atoms with Crippen LogP contribution in [-0.2, 0) is 0 Å². The van der Waals surface area contributed by atoms with Gasteiger partial charge in [0.05, 0.1) is 11.6 Å². The van der Waals surface area contributed by atoms with Crippen molar-refractivity contribution in [3.8, 4) is 6.07 Å². The molecule has 1 nitrogen and oxygen atoms in total. The predicted molar refractivity (Wildman–Crippen MR) is 54.5 cm³/mol. The van der Waals surface area contributed by atoms with E-state index in [4.69, 9.17) is 16.9 Å². The van der Waals surface area contributed by atoms with E-state index in [9.17, 15) is 0 Å². The number of benzene rings is 1. The van der Waals surface area contributed by atoms with Crippen LogP contribution in [-0.4, -0.2) is 0 Å². The van der Waals surface area contributed by atoms with Crippen molar-refractivity contribution in [2.45, 2.75) is 5.92 Å². The lowest BCUT2D eigenvalue weighted by Crippen LogP contribution is -1.91. The fourth-order valence-electron chi connectivity index (χ4n) is 1.02. The van der Waals surface area contributed by atoms with Gasteiger partial charge in [-0.1, -0.05) is 17.7 Å². The van der Waals surface area contributed by atoms with E-state index in [0.717, 1.165) is 5.56 Å². The van der Waals surface area contributed by atoms with Crippen molar-refractivity contribution < 1.29 is 0 Å². The van der Waals surface area contributed by atoms with Gasteiger partial charge in [0.1, 0.15) is 0 Å². The highest BCUT2D eigenvalue weighted by atomic mass is 35.5. The largest absolute Gasteiger partial charge is 0.192 e. The predicted octanol–water partition coefficient (Wildman–Crippen LogP) is 3.32. The molecular weight excluding hydrogens is 182 g/mol. The van der Waals surface area contributed by atoms with Crippen LogP contribution in [0.4, 0.5) is 0 Å². The number of nitriles is 1. The van der Waals surface area contributed by atoms with E-state index < -0.39 is 0 Å². The van der Waals surface area contributed by atoms with Crippen molar-refractivity contribution in [2.24, 2.45) is 0 Å². The zero-order valence-electron chi connectivity index (χ0n) is 7.13. The molecule has 1 rings (SSSR count). The van der Waals surface area contributed by atoms with Crippen LogP contribution in [0.25, 0.3) is 0 Å². The number of rotatable bonds is 2. The van der Waals surface area contributed by atoms with Gasteiger partial charge in [0, 0.05) is 10.9 Å². The molecule has 1 radical (unpaired) electrons. The van der Waals surface area contributed by atoms with Gasteiger partial charge in [-0.2, -0.15) is 5.26 Å². The van der Waals surface area contributed by atoms with Crippen molar-refractivity contribution in [1.29, 1.82) is 5.26 Å². The van der Waals surface area contributed by atoms with Gasteiger partial charge in [0.15, 0.2) is 0 Å². The molecule has 1 aromatic carbocycles. The lowest BCUT2D eigenvalue weighted by atomic mass is 9.99. The van der Waals surface area contributed by atoms with Crippen LogP contribution in [0, 0.1) is 18.3 Å². The van der Waals surface area contributed by atoms with Crippen LogP contribution >= 0.6 is 11.6 Å². The first-order valence-electron chi connectivity index (χ1n) is 3.84. The molecule has 1 atom stereocenters. The van der Waals surface area contributed by atoms with E-state index in [-0.39, 0.29) is 5.92 Å². The highest BCUT2D eigenvalue weighted by molar-refractivity contribution is 6.31. The highest BCUT2D eigenvalue weighted by Crippen LogP contribution is 2.25. The molecule has 13 heavy (non-hydrogen) atoms. The average molecular weight is 191 g/mol. The van der Waals surface area contributed by atoms with Gasteiger partial charge in [-0.15, -0.1) is 6.58 Å². The summed E-state index contributed by atoms with van der Waals surface area (Å²) in [5.74, 6) is -0.0687. The third-order valence-electron chi connectivity index (χ3n) is 1.81. The summed E-state index contributed by atoms with van der Waals surface area (Å²) >= 11 is 5.93. The van der Waals surface area contributed by atoms with Gasteiger partial charge < -0.3 is 0 Å². The first-order chi connectivity index (χ1) is 6.19. The minimum Gasteiger partial charge on any atom is -0.192 e. The molecule has 0 aliphatic carbocycles. The molecule has 1 aromatic rings. The zero-order valence-corrected chi connectivity index (χ0v) is 7.88. The van der Waals surface area contributed by atoms with Gasteiger partial charge in [-0.3, -0.25) is 0 Å². The normalized spacial score (nSPS) is 11.8. The molecule has 0 aliphatic heterocycles. The van der Waals surface area contributed by atoms with Crippen LogP contribution < -0.4 is 0 Å². The lowest BCUT2D eigenvalue weighted by molar-refractivity contribution is 1.08. The Balaban J connectivity index is 3.20. The Morgan fingerprint density at radius 2 is 2.23 bits per heavy atom. The fraction of sp³-hybridized carbons (Fsp3) is 0.0909. The molecule has 0 amide bonds. The van der Waals surface area contributed by atoms with Crippen LogP contribution in [0.3, 0.4) is 0 Å². The quantitative estimate of drug-likeness (QED) is 0.657. The Hall–Kier alpha value is -1.26. The van der Waals surface area contributed by atoms with E-state index >= 15 is 0 Å². The first kappa shape index (κ1) is 9.83. The number of halogens is 1.